The molecule has 0 fully saturated rings. The normalized spacial score (nSPS) is 11.3. The standard InChI is InChI=1S/C29H59NO4.2C13H26O/c1-27(2)30(3)24-20-23-29(31)34-28(21-16-12-8-6-10-14-18-25-32-4)22-17-13-9-7-11-15-19-26-33-5;2*1-3-5-7-9-13(11-12-14)10-8-6-4-2/h27-28H,6-26H2,1-5H3;2*12-13H,3-11H2,1-2H3. The first-order chi connectivity index (χ1) is 30.2. The molecule has 0 saturated carbocycles. The summed E-state index contributed by atoms with van der Waals surface area (Å²) in [5, 5.41) is 0. The molecule has 0 aromatic carbocycles. The Labute approximate surface area is 388 Å². The molecule has 0 bridgehead atoms. The fourth-order valence-corrected chi connectivity index (χ4v) is 8.01. The molecule has 62 heavy (non-hydrogen) atoms. The first kappa shape index (κ1) is 65.0. The summed E-state index contributed by atoms with van der Waals surface area (Å²) in [4.78, 5) is 35.7. The number of hydrogen-bond donors (Lipinski definition) is 0. The van der Waals surface area contributed by atoms with E-state index in [1.165, 1.54) is 193 Å². The van der Waals surface area contributed by atoms with Crippen molar-refractivity contribution < 1.29 is 28.6 Å². The van der Waals surface area contributed by atoms with Gasteiger partial charge in [-0.15, -0.1) is 0 Å². The zero-order valence-electron chi connectivity index (χ0n) is 43.4. The van der Waals surface area contributed by atoms with Crippen LogP contribution in [0.5, 0.6) is 0 Å². The summed E-state index contributed by atoms with van der Waals surface area (Å²) in [6, 6.07) is 0.517. The molecule has 0 N–H and O–H groups in total. The van der Waals surface area contributed by atoms with Gasteiger partial charge in [0.2, 0.25) is 0 Å². The largest absolute Gasteiger partial charge is 0.462 e. The number of carbonyl (C=O) groups is 3. The van der Waals surface area contributed by atoms with Gasteiger partial charge in [-0.3, -0.25) is 4.79 Å². The minimum atomic E-state index is -0.00144. The molecule has 0 spiro atoms. The molecule has 0 atom stereocenters. The number of hydrogen-bond acceptors (Lipinski definition) is 7. The van der Waals surface area contributed by atoms with Gasteiger partial charge in [0.1, 0.15) is 18.7 Å². The van der Waals surface area contributed by atoms with Crippen molar-refractivity contribution >= 4 is 18.5 Å². The second-order valence-electron chi connectivity index (χ2n) is 18.8. The summed E-state index contributed by atoms with van der Waals surface area (Å²) < 4.78 is 16.2. The fraction of sp³-hybridized carbons (Fsp3) is 0.945. The number of aldehydes is 2. The van der Waals surface area contributed by atoms with Gasteiger partial charge in [0.25, 0.3) is 0 Å². The van der Waals surface area contributed by atoms with Gasteiger partial charge in [-0.05, 0) is 84.2 Å². The zero-order valence-corrected chi connectivity index (χ0v) is 43.4. The van der Waals surface area contributed by atoms with Crippen LogP contribution in [0.25, 0.3) is 0 Å². The highest BCUT2D eigenvalue weighted by atomic mass is 16.5. The molecule has 0 saturated heterocycles. The van der Waals surface area contributed by atoms with Crippen LogP contribution in [0.4, 0.5) is 0 Å². The van der Waals surface area contributed by atoms with Gasteiger partial charge >= 0.3 is 5.97 Å². The van der Waals surface area contributed by atoms with Crippen LogP contribution in [0.3, 0.4) is 0 Å². The van der Waals surface area contributed by atoms with Crippen molar-refractivity contribution in [2.24, 2.45) is 11.8 Å². The lowest BCUT2D eigenvalue weighted by molar-refractivity contribution is -0.150. The Balaban J connectivity index is -0.00000101. The minimum absolute atomic E-state index is 0.00144. The Kier molecular flexibility index (Phi) is 58.5. The maximum atomic E-state index is 12.5. The number of methoxy groups -OCH3 is 2. The van der Waals surface area contributed by atoms with E-state index in [0.29, 0.717) is 24.3 Å². The predicted molar refractivity (Wildman–Crippen MR) is 269 cm³/mol. The van der Waals surface area contributed by atoms with Crippen LogP contribution in [-0.2, 0) is 28.6 Å². The molecule has 0 aliphatic carbocycles. The molecule has 0 aromatic rings. The molecule has 0 heterocycles. The monoisotopic (exact) mass is 882 g/mol. The summed E-state index contributed by atoms with van der Waals surface area (Å²) in [6.45, 7) is 16.0. The maximum Gasteiger partial charge on any atom is 0.306 e. The van der Waals surface area contributed by atoms with Crippen molar-refractivity contribution in [1.29, 1.82) is 0 Å². The molecule has 372 valence electrons. The maximum absolute atomic E-state index is 12.5. The van der Waals surface area contributed by atoms with Crippen LogP contribution in [0, 0.1) is 11.8 Å². The average Bonchev–Trinajstić information content (AvgIpc) is 3.25. The lowest BCUT2D eigenvalue weighted by Gasteiger charge is -2.21. The first-order valence-electron chi connectivity index (χ1n) is 27.0. The van der Waals surface area contributed by atoms with E-state index < -0.39 is 0 Å². The quantitative estimate of drug-likeness (QED) is 0.0342. The van der Waals surface area contributed by atoms with Crippen molar-refractivity contribution in [3.05, 3.63) is 0 Å². The summed E-state index contributed by atoms with van der Waals surface area (Å²) in [7, 11) is 5.67. The van der Waals surface area contributed by atoms with Crippen LogP contribution < -0.4 is 0 Å². The van der Waals surface area contributed by atoms with Crippen molar-refractivity contribution in [1.82, 2.24) is 4.90 Å². The third-order valence-corrected chi connectivity index (χ3v) is 12.5. The number of unbranched alkanes of at least 4 members (excludes halogenated alkanes) is 20. The third-order valence-electron chi connectivity index (χ3n) is 12.5. The zero-order chi connectivity index (χ0) is 46.6. The molecule has 0 aliphatic rings. The van der Waals surface area contributed by atoms with E-state index in [2.05, 4.69) is 53.5 Å². The topological polar surface area (TPSA) is 82.1 Å². The third kappa shape index (κ3) is 53.0. The van der Waals surface area contributed by atoms with Crippen LogP contribution in [-0.4, -0.2) is 76.6 Å². The molecule has 7 nitrogen and oxygen atoms in total. The molecule has 0 radical (unpaired) electrons. The Morgan fingerprint density at radius 2 is 0.790 bits per heavy atom. The smallest absolute Gasteiger partial charge is 0.306 e. The average molecular weight is 882 g/mol. The van der Waals surface area contributed by atoms with Gasteiger partial charge in [0.05, 0.1) is 0 Å². The first-order valence-corrected chi connectivity index (χ1v) is 27.0. The number of ether oxygens (including phenoxy) is 3. The Bertz CT molecular complexity index is 797. The molecule has 0 amide bonds. The van der Waals surface area contributed by atoms with E-state index in [9.17, 15) is 14.4 Å². The Morgan fingerprint density at radius 3 is 1.10 bits per heavy atom. The lowest BCUT2D eigenvalue weighted by Crippen LogP contribution is -2.28. The Hall–Kier alpha value is -1.31. The molecular formula is C55H111NO6. The van der Waals surface area contributed by atoms with E-state index in [4.69, 9.17) is 14.2 Å². The summed E-state index contributed by atoms with van der Waals surface area (Å²) in [5.74, 6) is 1.34. The highest BCUT2D eigenvalue weighted by Gasteiger charge is 2.15. The van der Waals surface area contributed by atoms with Gasteiger partial charge in [-0.25, -0.2) is 0 Å². The highest BCUT2D eigenvalue weighted by Crippen LogP contribution is 2.22. The van der Waals surface area contributed by atoms with E-state index in [0.717, 1.165) is 64.4 Å². The van der Waals surface area contributed by atoms with Gasteiger partial charge in [0.15, 0.2) is 0 Å². The highest BCUT2D eigenvalue weighted by molar-refractivity contribution is 5.69. The SMILES string of the molecule is CCCCCC(CC=O)CCCCC.CCCCCC(CC=O)CCCCC.COCCCCCCCCCC(CCCCCCCCCOC)OC(=O)CCCN(C)C(C)C. The van der Waals surface area contributed by atoms with E-state index in [1.807, 2.05) is 0 Å². The number of nitrogens with zero attached hydrogens (tertiary/aromatic N) is 1. The van der Waals surface area contributed by atoms with Crippen molar-refractivity contribution in [2.45, 2.75) is 285 Å². The number of esters is 1. The number of rotatable bonds is 46. The van der Waals surface area contributed by atoms with Gasteiger partial charge in [-0.2, -0.15) is 0 Å². The van der Waals surface area contributed by atoms with Crippen molar-refractivity contribution in [3.63, 3.8) is 0 Å². The minimum Gasteiger partial charge on any atom is -0.462 e. The summed E-state index contributed by atoms with van der Waals surface area (Å²) in [6.07, 6.45) is 45.6. The number of carbonyl (C=O) groups excluding carboxylic acids is 3. The van der Waals surface area contributed by atoms with Crippen molar-refractivity contribution in [2.75, 3.05) is 41.0 Å². The van der Waals surface area contributed by atoms with Crippen LogP contribution >= 0.6 is 0 Å². The second kappa shape index (κ2) is 55.8. The summed E-state index contributed by atoms with van der Waals surface area (Å²) >= 11 is 0. The predicted octanol–water partition coefficient (Wildman–Crippen LogP) is 16.3. The van der Waals surface area contributed by atoms with Gasteiger partial charge < -0.3 is 28.7 Å². The van der Waals surface area contributed by atoms with E-state index >= 15 is 0 Å². The van der Waals surface area contributed by atoms with E-state index in [1.54, 1.807) is 14.2 Å². The van der Waals surface area contributed by atoms with Crippen LogP contribution in [0.15, 0.2) is 0 Å². The van der Waals surface area contributed by atoms with Gasteiger partial charge in [-0.1, -0.05) is 195 Å². The van der Waals surface area contributed by atoms with Crippen molar-refractivity contribution in [3.8, 4) is 0 Å². The van der Waals surface area contributed by atoms with Gasteiger partial charge in [0, 0.05) is 52.7 Å². The molecular weight excluding hydrogens is 771 g/mol. The lowest BCUT2D eigenvalue weighted by atomic mass is 9.93. The van der Waals surface area contributed by atoms with E-state index in [-0.39, 0.29) is 12.1 Å². The molecule has 0 rings (SSSR count). The second-order valence-corrected chi connectivity index (χ2v) is 18.8. The Morgan fingerprint density at radius 1 is 0.468 bits per heavy atom. The molecule has 0 unspecified atom stereocenters. The summed E-state index contributed by atoms with van der Waals surface area (Å²) in [5.41, 5.74) is 0. The molecule has 7 heteroatoms. The van der Waals surface area contributed by atoms with Crippen LogP contribution in [0.1, 0.15) is 273 Å². The molecule has 0 aromatic heterocycles. The van der Waals surface area contributed by atoms with Crippen LogP contribution in [0.2, 0.25) is 0 Å². The fourth-order valence-electron chi connectivity index (χ4n) is 8.01. The molecule has 0 aliphatic heterocycles.